The Morgan fingerprint density at radius 2 is 1.60 bits per heavy atom. The largest absolute Gasteiger partial charge is 0.481 e. The number of amides is 5. The monoisotopic (exact) mass is 586 g/mol. The zero-order valence-electron chi connectivity index (χ0n) is 24.2. The molecule has 0 aliphatic carbocycles. The van der Waals surface area contributed by atoms with Crippen LogP contribution in [0.3, 0.4) is 0 Å². The molecule has 0 radical (unpaired) electrons. The first-order valence-corrected chi connectivity index (χ1v) is 13.8. The topological polar surface area (TPSA) is 188 Å². The minimum absolute atomic E-state index is 0.0251. The van der Waals surface area contributed by atoms with Gasteiger partial charge in [-0.3, -0.25) is 38.5 Å². The van der Waals surface area contributed by atoms with Gasteiger partial charge in [-0.1, -0.05) is 26.8 Å². The van der Waals surface area contributed by atoms with E-state index in [2.05, 4.69) is 16.0 Å². The molecule has 0 bridgehead atoms. The summed E-state index contributed by atoms with van der Waals surface area (Å²) in [7, 11) is 0. The molecule has 4 N–H and O–H groups in total. The second-order valence-electron chi connectivity index (χ2n) is 10.2. The second kappa shape index (κ2) is 16.0. The van der Waals surface area contributed by atoms with Gasteiger partial charge < -0.3 is 25.8 Å². The molecule has 13 heteroatoms. The lowest BCUT2D eigenvalue weighted by Gasteiger charge is -2.24. The lowest BCUT2D eigenvalue weighted by atomic mass is 10.0. The van der Waals surface area contributed by atoms with E-state index in [-0.39, 0.29) is 31.3 Å². The maximum atomic E-state index is 12.9. The van der Waals surface area contributed by atoms with Gasteiger partial charge in [0.1, 0.15) is 25.2 Å². The molecule has 0 spiro atoms. The number of benzene rings is 1. The third kappa shape index (κ3) is 10.5. The van der Waals surface area contributed by atoms with Crippen LogP contribution in [0.1, 0.15) is 64.5 Å². The number of ether oxygens (including phenoxy) is 1. The summed E-state index contributed by atoms with van der Waals surface area (Å²) >= 11 is 0. The van der Waals surface area contributed by atoms with Crippen LogP contribution < -0.4 is 16.0 Å². The number of esters is 1. The number of carboxylic acids is 1. The van der Waals surface area contributed by atoms with Crippen LogP contribution in [-0.2, 0) is 51.3 Å². The molecule has 1 aliphatic rings. The fraction of sp³-hybridized carbons (Fsp3) is 0.483. The van der Waals surface area contributed by atoms with E-state index in [1.54, 1.807) is 39.0 Å². The lowest BCUT2D eigenvalue weighted by Crippen LogP contribution is -2.55. The number of nitrogens with zero attached hydrogens (tertiary/aromatic N) is 1. The van der Waals surface area contributed by atoms with Crippen molar-refractivity contribution in [3.63, 3.8) is 0 Å². The van der Waals surface area contributed by atoms with Crippen LogP contribution in [-0.4, -0.2) is 70.1 Å². The van der Waals surface area contributed by atoms with Crippen LogP contribution in [0.4, 0.5) is 5.69 Å². The van der Waals surface area contributed by atoms with E-state index in [4.69, 9.17) is 9.84 Å². The molecule has 1 heterocycles. The molecule has 0 unspecified atom stereocenters. The number of nitrogens with one attached hydrogen (secondary N) is 3. The predicted molar refractivity (Wildman–Crippen MR) is 151 cm³/mol. The zero-order valence-corrected chi connectivity index (χ0v) is 24.2. The van der Waals surface area contributed by atoms with Crippen molar-refractivity contribution in [1.29, 1.82) is 0 Å². The number of aryl methyl sites for hydroxylation is 1. The fourth-order valence-electron chi connectivity index (χ4n) is 4.03. The zero-order chi connectivity index (χ0) is 31.4. The Balaban J connectivity index is 2.03. The van der Waals surface area contributed by atoms with Crippen LogP contribution in [0.5, 0.6) is 0 Å². The molecule has 1 aliphatic heterocycles. The van der Waals surface area contributed by atoms with Crippen molar-refractivity contribution in [2.75, 3.05) is 11.9 Å². The highest BCUT2D eigenvalue weighted by molar-refractivity contribution is 6.14. The summed E-state index contributed by atoms with van der Waals surface area (Å²) in [5, 5.41) is 16.7. The molecule has 42 heavy (non-hydrogen) atoms. The summed E-state index contributed by atoms with van der Waals surface area (Å²) < 4.78 is 5.25. The van der Waals surface area contributed by atoms with E-state index in [1.807, 2.05) is 0 Å². The third-order valence-corrected chi connectivity index (χ3v) is 6.46. The third-order valence-electron chi connectivity index (χ3n) is 6.46. The number of imide groups is 1. The normalized spacial score (nSPS) is 14.0. The first-order chi connectivity index (χ1) is 19.8. The van der Waals surface area contributed by atoms with Crippen molar-refractivity contribution in [3.8, 4) is 0 Å². The number of hydrogen-bond acceptors (Lipinski definition) is 8. The predicted octanol–water partition coefficient (Wildman–Crippen LogP) is 1.45. The Morgan fingerprint density at radius 1 is 0.929 bits per heavy atom. The molecule has 13 nitrogen and oxygen atoms in total. The van der Waals surface area contributed by atoms with Gasteiger partial charge in [0, 0.05) is 30.7 Å². The second-order valence-corrected chi connectivity index (χ2v) is 10.2. The van der Waals surface area contributed by atoms with Gasteiger partial charge in [0.2, 0.25) is 17.7 Å². The van der Waals surface area contributed by atoms with Gasteiger partial charge in [0.05, 0.1) is 0 Å². The van der Waals surface area contributed by atoms with Crippen LogP contribution in [0, 0.1) is 5.92 Å². The highest BCUT2D eigenvalue weighted by Crippen LogP contribution is 2.20. The van der Waals surface area contributed by atoms with Gasteiger partial charge in [-0.2, -0.15) is 0 Å². The summed E-state index contributed by atoms with van der Waals surface area (Å²) in [4.78, 5) is 85.0. The fourth-order valence-corrected chi connectivity index (χ4v) is 4.03. The average Bonchev–Trinajstić information content (AvgIpc) is 3.24. The van der Waals surface area contributed by atoms with Crippen molar-refractivity contribution in [1.82, 2.24) is 15.5 Å². The van der Waals surface area contributed by atoms with E-state index < -0.39 is 54.1 Å². The summed E-state index contributed by atoms with van der Waals surface area (Å²) in [5.74, 6) is -4.72. The number of carboxylic acid groups (broad SMARTS) is 1. The summed E-state index contributed by atoms with van der Waals surface area (Å²) in [6, 6.07) is 3.04. The van der Waals surface area contributed by atoms with Gasteiger partial charge >= 0.3 is 11.9 Å². The first-order valence-electron chi connectivity index (χ1n) is 13.8. The van der Waals surface area contributed by atoms with E-state index in [0.29, 0.717) is 24.9 Å². The van der Waals surface area contributed by atoms with Gasteiger partial charge in [-0.25, -0.2) is 0 Å². The van der Waals surface area contributed by atoms with Crippen molar-refractivity contribution < 1.29 is 43.4 Å². The molecule has 228 valence electrons. The molecule has 5 amide bonds. The molecule has 0 aromatic heterocycles. The molecule has 1 aromatic rings. The van der Waals surface area contributed by atoms with E-state index in [1.165, 1.54) is 6.92 Å². The van der Waals surface area contributed by atoms with Crippen molar-refractivity contribution >= 4 is 47.2 Å². The Labute approximate surface area is 244 Å². The number of unbranched alkanes of at least 4 members (excludes halogenated alkanes) is 1. The molecule has 2 atom stereocenters. The molecule has 0 saturated heterocycles. The SMILES string of the molecule is CCC(=O)OCc1ccc(NC(=O)[C@H](C)NC(=O)[C@@H](NC(=O)CN2C(=O)C=CC2=O)C(C)C)cc1CCCCC(=O)O. The van der Waals surface area contributed by atoms with Crippen LogP contribution in [0.25, 0.3) is 0 Å². The molecule has 1 aromatic carbocycles. The Hall–Kier alpha value is -4.55. The van der Waals surface area contributed by atoms with E-state index >= 15 is 0 Å². The molecule has 0 saturated carbocycles. The van der Waals surface area contributed by atoms with Gasteiger partial charge in [0.25, 0.3) is 11.8 Å². The standard InChI is InChI=1S/C29H38N4O9/c1-5-26(39)42-16-20-10-11-21(14-19(20)8-6-7-9-25(37)38)31-28(40)18(4)30-29(41)27(17(2)3)32-22(34)15-33-23(35)12-13-24(33)36/h10-14,17-18,27H,5-9,15-16H2,1-4H3,(H,30,41)(H,31,40)(H,32,34)(H,37,38)/t18-,27-/m0/s1. The molecule has 0 fully saturated rings. The number of rotatable bonds is 16. The van der Waals surface area contributed by atoms with Crippen LogP contribution >= 0.6 is 0 Å². The van der Waals surface area contributed by atoms with Crippen LogP contribution in [0.2, 0.25) is 0 Å². The minimum Gasteiger partial charge on any atom is -0.481 e. The van der Waals surface area contributed by atoms with E-state index in [9.17, 15) is 33.6 Å². The summed E-state index contributed by atoms with van der Waals surface area (Å²) in [6.45, 7) is 6.05. The average molecular weight is 587 g/mol. The molecular formula is C29H38N4O9. The quantitative estimate of drug-likeness (QED) is 0.126. The van der Waals surface area contributed by atoms with E-state index in [0.717, 1.165) is 28.2 Å². The number of anilines is 1. The van der Waals surface area contributed by atoms with Crippen molar-refractivity contribution in [2.45, 2.75) is 78.5 Å². The Kier molecular flexibility index (Phi) is 12.8. The van der Waals surface area contributed by atoms with Gasteiger partial charge in [0.15, 0.2) is 0 Å². The Bertz CT molecular complexity index is 1220. The lowest BCUT2D eigenvalue weighted by molar-refractivity contribution is -0.144. The highest BCUT2D eigenvalue weighted by Gasteiger charge is 2.30. The summed E-state index contributed by atoms with van der Waals surface area (Å²) in [6.07, 6.45) is 3.89. The van der Waals surface area contributed by atoms with Gasteiger partial charge in [-0.05, 0) is 55.4 Å². The summed E-state index contributed by atoms with van der Waals surface area (Å²) in [5.41, 5.74) is 1.95. The number of carbonyl (C=O) groups excluding carboxylic acids is 6. The number of carbonyl (C=O) groups is 7. The first kappa shape index (κ1) is 33.7. The maximum absolute atomic E-state index is 12.9. The smallest absolute Gasteiger partial charge is 0.305 e. The number of hydrogen-bond donors (Lipinski definition) is 4. The Morgan fingerprint density at radius 3 is 2.19 bits per heavy atom. The number of aliphatic carboxylic acids is 1. The minimum atomic E-state index is -1.03. The van der Waals surface area contributed by atoms with Crippen molar-refractivity contribution in [2.24, 2.45) is 5.92 Å². The van der Waals surface area contributed by atoms with Gasteiger partial charge in [-0.15, -0.1) is 0 Å². The molecule has 2 rings (SSSR count). The highest BCUT2D eigenvalue weighted by atomic mass is 16.5. The van der Waals surface area contributed by atoms with Crippen LogP contribution in [0.15, 0.2) is 30.4 Å². The van der Waals surface area contributed by atoms with Crippen molar-refractivity contribution in [3.05, 3.63) is 41.5 Å². The molecular weight excluding hydrogens is 548 g/mol. The maximum Gasteiger partial charge on any atom is 0.305 e.